The van der Waals surface area contributed by atoms with E-state index in [-0.39, 0.29) is 11.7 Å². The molecule has 0 atom stereocenters. The van der Waals surface area contributed by atoms with Crippen LogP contribution < -0.4 is 0 Å². The molecule has 1 fully saturated rings. The average Bonchev–Trinajstić information content (AvgIpc) is 2.32. The van der Waals surface area contributed by atoms with Gasteiger partial charge >= 0.3 is 0 Å². The summed E-state index contributed by atoms with van der Waals surface area (Å²) >= 11 is 0. The highest BCUT2D eigenvalue weighted by Gasteiger charge is 2.21. The Bertz CT molecular complexity index is 422. The summed E-state index contributed by atoms with van der Waals surface area (Å²) in [6, 6.07) is 7.95. The van der Waals surface area contributed by atoms with Gasteiger partial charge < -0.3 is 4.90 Å². The van der Waals surface area contributed by atoms with Crippen molar-refractivity contribution >= 4 is 11.7 Å². The van der Waals surface area contributed by atoms with Crippen LogP contribution in [0.3, 0.4) is 0 Å². The van der Waals surface area contributed by atoms with Crippen LogP contribution in [0.15, 0.2) is 24.3 Å². The van der Waals surface area contributed by atoms with Crippen molar-refractivity contribution in [1.29, 1.82) is 0 Å². The summed E-state index contributed by atoms with van der Waals surface area (Å²) in [6.45, 7) is 3.04. The molecule has 0 radical (unpaired) electrons. The molecule has 0 bridgehead atoms. The maximum Gasteiger partial charge on any atom is 0.227 e. The maximum absolute atomic E-state index is 12.0. The number of amides is 1. The summed E-state index contributed by atoms with van der Waals surface area (Å²) in [5.74, 6) is 0.232. The van der Waals surface area contributed by atoms with Gasteiger partial charge in [-0.15, -0.1) is 0 Å². The van der Waals surface area contributed by atoms with Crippen molar-refractivity contribution in [3.8, 4) is 0 Å². The minimum Gasteiger partial charge on any atom is -0.335 e. The average molecular weight is 231 g/mol. The van der Waals surface area contributed by atoms with Crippen LogP contribution in [0, 0.1) is 6.92 Å². The Morgan fingerprint density at radius 2 is 2.00 bits per heavy atom. The lowest BCUT2D eigenvalue weighted by molar-refractivity contribution is -0.137. The summed E-state index contributed by atoms with van der Waals surface area (Å²) in [4.78, 5) is 24.9. The highest BCUT2D eigenvalue weighted by Crippen LogP contribution is 2.10. The Hall–Kier alpha value is -1.64. The van der Waals surface area contributed by atoms with Gasteiger partial charge in [0.05, 0.1) is 13.0 Å². The van der Waals surface area contributed by atoms with E-state index in [2.05, 4.69) is 0 Å². The number of benzene rings is 1. The Balaban J connectivity index is 1.96. The van der Waals surface area contributed by atoms with Gasteiger partial charge in [0.2, 0.25) is 5.91 Å². The molecule has 0 aliphatic carbocycles. The molecule has 0 unspecified atom stereocenters. The summed E-state index contributed by atoms with van der Waals surface area (Å²) in [6.07, 6.45) is 1.82. The van der Waals surface area contributed by atoms with Crippen LogP contribution in [0.1, 0.15) is 24.0 Å². The zero-order valence-electron chi connectivity index (χ0n) is 10.1. The maximum atomic E-state index is 12.0. The predicted octanol–water partition coefficient (Wildman–Crippen LogP) is 1.73. The first kappa shape index (κ1) is 11.8. The number of carbonyl (C=O) groups is 2. The number of nitrogens with zero attached hydrogens (tertiary/aromatic N) is 1. The van der Waals surface area contributed by atoms with Crippen LogP contribution in [0.25, 0.3) is 0 Å². The molecule has 90 valence electrons. The van der Waals surface area contributed by atoms with E-state index >= 15 is 0 Å². The smallest absolute Gasteiger partial charge is 0.227 e. The van der Waals surface area contributed by atoms with Crippen molar-refractivity contribution in [3.05, 3.63) is 35.4 Å². The first-order chi connectivity index (χ1) is 8.15. The number of Topliss-reactive ketones (excluding diaryl/α,β-unsaturated/α-hetero) is 1. The predicted molar refractivity (Wildman–Crippen MR) is 65.7 cm³/mol. The second-order valence-electron chi connectivity index (χ2n) is 4.62. The van der Waals surface area contributed by atoms with Crippen LogP contribution in [0.5, 0.6) is 0 Å². The van der Waals surface area contributed by atoms with Gasteiger partial charge in [-0.1, -0.05) is 29.8 Å². The van der Waals surface area contributed by atoms with E-state index in [9.17, 15) is 9.59 Å². The number of rotatable bonds is 2. The van der Waals surface area contributed by atoms with E-state index < -0.39 is 0 Å². The zero-order valence-corrected chi connectivity index (χ0v) is 10.1. The van der Waals surface area contributed by atoms with Crippen molar-refractivity contribution < 1.29 is 9.59 Å². The van der Waals surface area contributed by atoms with Gasteiger partial charge in [0.1, 0.15) is 0 Å². The molecule has 1 heterocycles. The highest BCUT2D eigenvalue weighted by molar-refractivity contribution is 5.88. The van der Waals surface area contributed by atoms with Crippen LogP contribution >= 0.6 is 0 Å². The highest BCUT2D eigenvalue weighted by atomic mass is 16.2. The van der Waals surface area contributed by atoms with Crippen molar-refractivity contribution in [3.63, 3.8) is 0 Å². The first-order valence-electron chi connectivity index (χ1n) is 6.00. The minimum atomic E-state index is 0.0573. The second kappa shape index (κ2) is 5.13. The standard InChI is InChI=1S/C14H17NO2/c1-11-4-6-12(7-5-11)9-14(17)15-8-2-3-13(16)10-15/h4-7H,2-3,8-10H2,1H3. The van der Waals surface area contributed by atoms with E-state index in [1.165, 1.54) is 5.56 Å². The number of aryl methyl sites for hydroxylation is 1. The molecule has 1 aliphatic rings. The van der Waals surface area contributed by atoms with Gasteiger partial charge in [0.15, 0.2) is 5.78 Å². The fourth-order valence-electron chi connectivity index (χ4n) is 2.04. The number of ketones is 1. The number of carbonyl (C=O) groups excluding carboxylic acids is 2. The molecule has 2 rings (SSSR count). The molecule has 3 heteroatoms. The van der Waals surface area contributed by atoms with E-state index in [0.717, 1.165) is 18.5 Å². The zero-order chi connectivity index (χ0) is 12.3. The van der Waals surface area contributed by atoms with Crippen LogP contribution in [0.2, 0.25) is 0 Å². The lowest BCUT2D eigenvalue weighted by atomic mass is 10.1. The molecule has 1 saturated heterocycles. The van der Waals surface area contributed by atoms with Gasteiger partial charge in [-0.25, -0.2) is 0 Å². The monoisotopic (exact) mass is 231 g/mol. The van der Waals surface area contributed by atoms with Crippen LogP contribution in [-0.4, -0.2) is 29.7 Å². The molecule has 17 heavy (non-hydrogen) atoms. The van der Waals surface area contributed by atoms with E-state index in [1.807, 2.05) is 31.2 Å². The third-order valence-electron chi connectivity index (χ3n) is 3.08. The molecule has 1 aliphatic heterocycles. The van der Waals surface area contributed by atoms with Crippen molar-refractivity contribution in [2.45, 2.75) is 26.2 Å². The lowest BCUT2D eigenvalue weighted by Crippen LogP contribution is -2.40. The van der Waals surface area contributed by atoms with E-state index in [4.69, 9.17) is 0 Å². The molecule has 0 spiro atoms. The molecule has 0 N–H and O–H groups in total. The summed E-state index contributed by atoms with van der Waals surface area (Å²) in [5, 5.41) is 0. The van der Waals surface area contributed by atoms with E-state index in [0.29, 0.717) is 19.4 Å². The number of likely N-dealkylation sites (tertiary alicyclic amines) is 1. The molecular weight excluding hydrogens is 214 g/mol. The number of piperidine rings is 1. The van der Waals surface area contributed by atoms with Crippen LogP contribution in [-0.2, 0) is 16.0 Å². The number of hydrogen-bond acceptors (Lipinski definition) is 2. The van der Waals surface area contributed by atoms with Gasteiger partial charge in [0.25, 0.3) is 0 Å². The Morgan fingerprint density at radius 3 is 2.65 bits per heavy atom. The Morgan fingerprint density at radius 1 is 1.29 bits per heavy atom. The SMILES string of the molecule is Cc1ccc(CC(=O)N2CCCC(=O)C2)cc1. The Labute approximate surface area is 101 Å². The molecule has 1 aromatic carbocycles. The van der Waals surface area contributed by atoms with Crippen molar-refractivity contribution in [2.24, 2.45) is 0 Å². The van der Waals surface area contributed by atoms with Crippen molar-refractivity contribution in [1.82, 2.24) is 4.90 Å². The van der Waals surface area contributed by atoms with Gasteiger partial charge in [-0.3, -0.25) is 9.59 Å². The lowest BCUT2D eigenvalue weighted by Gasteiger charge is -2.25. The fraction of sp³-hybridized carbons (Fsp3) is 0.429. The van der Waals surface area contributed by atoms with Gasteiger partial charge in [0, 0.05) is 13.0 Å². The normalized spacial score (nSPS) is 16.1. The van der Waals surface area contributed by atoms with Gasteiger partial charge in [-0.05, 0) is 18.9 Å². The van der Waals surface area contributed by atoms with Crippen molar-refractivity contribution in [2.75, 3.05) is 13.1 Å². The molecule has 3 nitrogen and oxygen atoms in total. The van der Waals surface area contributed by atoms with Gasteiger partial charge in [-0.2, -0.15) is 0 Å². The topological polar surface area (TPSA) is 37.4 Å². The fourth-order valence-corrected chi connectivity index (χ4v) is 2.04. The molecule has 0 saturated carbocycles. The summed E-state index contributed by atoms with van der Waals surface area (Å²) < 4.78 is 0. The quantitative estimate of drug-likeness (QED) is 0.777. The second-order valence-corrected chi connectivity index (χ2v) is 4.62. The third kappa shape index (κ3) is 3.16. The molecule has 1 amide bonds. The number of hydrogen-bond donors (Lipinski definition) is 0. The summed E-state index contributed by atoms with van der Waals surface area (Å²) in [5.41, 5.74) is 2.20. The third-order valence-corrected chi connectivity index (χ3v) is 3.08. The molecule has 0 aromatic heterocycles. The van der Waals surface area contributed by atoms with Crippen LogP contribution in [0.4, 0.5) is 0 Å². The molecular formula is C14H17NO2. The Kier molecular flexibility index (Phi) is 3.57. The summed E-state index contributed by atoms with van der Waals surface area (Å²) in [7, 11) is 0. The molecule has 1 aromatic rings. The van der Waals surface area contributed by atoms with E-state index in [1.54, 1.807) is 4.90 Å². The minimum absolute atomic E-state index is 0.0573. The first-order valence-corrected chi connectivity index (χ1v) is 6.00. The largest absolute Gasteiger partial charge is 0.335 e.